The number of piperidine rings is 1. The van der Waals surface area contributed by atoms with E-state index in [1.165, 1.54) is 32.1 Å². The molecule has 6 nitrogen and oxygen atoms in total. The Morgan fingerprint density at radius 2 is 1.84 bits per heavy atom. The van der Waals surface area contributed by atoms with Gasteiger partial charge in [0.15, 0.2) is 0 Å². The zero-order valence-corrected chi connectivity index (χ0v) is 18.3. The molecule has 0 bridgehead atoms. The number of fused-ring (bicyclic) bond motifs is 1. The summed E-state index contributed by atoms with van der Waals surface area (Å²) in [6.45, 7) is 2.15. The summed E-state index contributed by atoms with van der Waals surface area (Å²) in [5, 5.41) is 10.4. The van der Waals surface area contributed by atoms with E-state index < -0.39 is 0 Å². The first kappa shape index (κ1) is 20.3. The van der Waals surface area contributed by atoms with E-state index in [9.17, 15) is 4.79 Å². The molecule has 3 aromatic rings. The summed E-state index contributed by atoms with van der Waals surface area (Å²) in [6.07, 6.45) is 13.0. The second kappa shape index (κ2) is 8.87. The van der Waals surface area contributed by atoms with E-state index in [1.54, 1.807) is 4.68 Å². The van der Waals surface area contributed by atoms with Crippen molar-refractivity contribution in [3.05, 3.63) is 42.4 Å². The van der Waals surface area contributed by atoms with Crippen LogP contribution in [-0.4, -0.2) is 49.8 Å². The third-order valence-electron chi connectivity index (χ3n) is 7.11. The van der Waals surface area contributed by atoms with E-state index in [0.29, 0.717) is 12.2 Å². The van der Waals surface area contributed by atoms with Crippen LogP contribution in [0.25, 0.3) is 22.0 Å². The van der Waals surface area contributed by atoms with Gasteiger partial charge in [-0.2, -0.15) is 0 Å². The lowest BCUT2D eigenvalue weighted by Gasteiger charge is -2.39. The highest BCUT2D eigenvalue weighted by Crippen LogP contribution is 2.28. The Labute approximate surface area is 183 Å². The van der Waals surface area contributed by atoms with Gasteiger partial charge in [-0.05, 0) is 56.3 Å². The summed E-state index contributed by atoms with van der Waals surface area (Å²) in [5.74, 6) is 0.531. The van der Waals surface area contributed by atoms with Crippen LogP contribution in [0.2, 0.25) is 0 Å². The van der Waals surface area contributed by atoms with Gasteiger partial charge in [-0.15, -0.1) is 5.10 Å². The first-order chi connectivity index (χ1) is 15.2. The zero-order chi connectivity index (χ0) is 21.2. The fraction of sp³-hybridized carbons (Fsp3) is 0.520. The van der Waals surface area contributed by atoms with E-state index in [0.717, 1.165) is 59.7 Å². The van der Waals surface area contributed by atoms with Crippen molar-refractivity contribution in [1.29, 1.82) is 0 Å². The second-order valence-corrected chi connectivity index (χ2v) is 9.26. The molecule has 1 saturated heterocycles. The molecule has 0 atom stereocenters. The molecule has 1 aliphatic heterocycles. The maximum absolute atomic E-state index is 13.0. The number of rotatable bonds is 5. The van der Waals surface area contributed by atoms with Crippen molar-refractivity contribution in [2.75, 3.05) is 13.1 Å². The number of aryl methyl sites for hydroxylation is 1. The number of nitrogens with zero attached hydrogens (tertiary/aromatic N) is 5. The van der Waals surface area contributed by atoms with Crippen molar-refractivity contribution in [2.24, 2.45) is 13.0 Å². The smallest absolute Gasteiger partial charge is 0.142 e. The Kier molecular flexibility index (Phi) is 5.81. The predicted molar refractivity (Wildman–Crippen MR) is 122 cm³/mol. The van der Waals surface area contributed by atoms with Gasteiger partial charge in [0.25, 0.3) is 0 Å². The molecule has 0 spiro atoms. The van der Waals surface area contributed by atoms with Crippen molar-refractivity contribution in [1.82, 2.24) is 24.9 Å². The molecule has 0 radical (unpaired) electrons. The standard InChI is InChI=1S/C25H31N5O/c1-29-17-24(27-28-29)19-7-8-20-16-26-22(14-21(20)13-19)15-25(31)18-9-11-30(12-10-18)23-5-3-2-4-6-23/h7-8,13-14,16-18,23H,2-6,9-12,15H2,1H3. The van der Waals surface area contributed by atoms with Crippen molar-refractivity contribution >= 4 is 16.6 Å². The van der Waals surface area contributed by atoms with Gasteiger partial charge in [0.2, 0.25) is 0 Å². The van der Waals surface area contributed by atoms with E-state index in [1.807, 2.05) is 25.5 Å². The van der Waals surface area contributed by atoms with Gasteiger partial charge < -0.3 is 4.90 Å². The maximum atomic E-state index is 13.0. The fourth-order valence-corrected chi connectivity index (χ4v) is 5.28. The largest absolute Gasteiger partial charge is 0.300 e. The lowest BCUT2D eigenvalue weighted by Crippen LogP contribution is -2.43. The molecule has 1 aromatic carbocycles. The maximum Gasteiger partial charge on any atom is 0.142 e. The Morgan fingerprint density at radius 1 is 1.03 bits per heavy atom. The molecule has 0 amide bonds. The molecule has 6 heteroatoms. The van der Waals surface area contributed by atoms with Crippen LogP contribution in [0.5, 0.6) is 0 Å². The SMILES string of the molecule is Cn1cc(-c2ccc3cnc(CC(=O)C4CCN(C5CCCCC5)CC4)cc3c2)nn1. The number of likely N-dealkylation sites (tertiary alicyclic amines) is 1. The highest BCUT2D eigenvalue weighted by Gasteiger charge is 2.29. The summed E-state index contributed by atoms with van der Waals surface area (Å²) < 4.78 is 1.70. The molecule has 2 aliphatic rings. The van der Waals surface area contributed by atoms with Crippen LogP contribution in [0.4, 0.5) is 0 Å². The van der Waals surface area contributed by atoms with E-state index >= 15 is 0 Å². The van der Waals surface area contributed by atoms with Gasteiger partial charge in [0.05, 0.1) is 6.20 Å². The topological polar surface area (TPSA) is 63.9 Å². The van der Waals surface area contributed by atoms with Gasteiger partial charge in [0, 0.05) is 48.3 Å². The van der Waals surface area contributed by atoms with Crippen LogP contribution in [0.15, 0.2) is 36.7 Å². The summed E-state index contributed by atoms with van der Waals surface area (Å²) in [4.78, 5) is 20.2. The van der Waals surface area contributed by atoms with E-state index in [2.05, 4.69) is 38.4 Å². The minimum atomic E-state index is 0.184. The molecule has 5 rings (SSSR count). The number of carbonyl (C=O) groups excluding carboxylic acids is 1. The molecule has 0 N–H and O–H groups in total. The fourth-order valence-electron chi connectivity index (χ4n) is 5.28. The minimum absolute atomic E-state index is 0.184. The highest BCUT2D eigenvalue weighted by atomic mass is 16.1. The minimum Gasteiger partial charge on any atom is -0.300 e. The Morgan fingerprint density at radius 3 is 2.58 bits per heavy atom. The van der Waals surface area contributed by atoms with Gasteiger partial charge in [0.1, 0.15) is 11.5 Å². The molecular formula is C25H31N5O. The average molecular weight is 418 g/mol. The second-order valence-electron chi connectivity index (χ2n) is 9.26. The molecule has 31 heavy (non-hydrogen) atoms. The van der Waals surface area contributed by atoms with Crippen LogP contribution in [0, 0.1) is 5.92 Å². The number of aromatic nitrogens is 4. The van der Waals surface area contributed by atoms with Crippen LogP contribution in [-0.2, 0) is 18.3 Å². The quantitative estimate of drug-likeness (QED) is 0.623. The molecule has 1 saturated carbocycles. The monoisotopic (exact) mass is 417 g/mol. The number of benzene rings is 1. The first-order valence-electron chi connectivity index (χ1n) is 11.7. The third-order valence-corrected chi connectivity index (χ3v) is 7.11. The van der Waals surface area contributed by atoms with Gasteiger partial charge in [-0.3, -0.25) is 14.5 Å². The molecule has 162 valence electrons. The van der Waals surface area contributed by atoms with Crippen LogP contribution >= 0.6 is 0 Å². The number of Topliss-reactive ketones (excluding diaryl/α,β-unsaturated/α-hetero) is 1. The van der Waals surface area contributed by atoms with Crippen LogP contribution in [0.3, 0.4) is 0 Å². The van der Waals surface area contributed by atoms with E-state index in [-0.39, 0.29) is 5.92 Å². The van der Waals surface area contributed by atoms with Gasteiger partial charge in [-0.25, -0.2) is 0 Å². The number of pyridine rings is 1. The van der Waals surface area contributed by atoms with Crippen molar-refractivity contribution in [3.63, 3.8) is 0 Å². The van der Waals surface area contributed by atoms with Gasteiger partial charge in [-0.1, -0.05) is 36.6 Å². The molecule has 2 aromatic heterocycles. The summed E-state index contributed by atoms with van der Waals surface area (Å²) in [5.41, 5.74) is 2.74. The number of hydrogen-bond acceptors (Lipinski definition) is 5. The number of carbonyl (C=O) groups is 1. The van der Waals surface area contributed by atoms with Gasteiger partial charge >= 0.3 is 0 Å². The van der Waals surface area contributed by atoms with Crippen LogP contribution < -0.4 is 0 Å². The molecule has 1 aliphatic carbocycles. The van der Waals surface area contributed by atoms with Crippen molar-refractivity contribution < 1.29 is 4.79 Å². The Hall–Kier alpha value is -2.60. The lowest BCUT2D eigenvalue weighted by atomic mass is 9.87. The molecule has 2 fully saturated rings. The average Bonchev–Trinajstić information content (AvgIpc) is 3.25. The lowest BCUT2D eigenvalue weighted by molar-refractivity contribution is -0.123. The first-order valence-corrected chi connectivity index (χ1v) is 11.7. The normalized spacial score (nSPS) is 19.1. The van der Waals surface area contributed by atoms with Crippen molar-refractivity contribution in [2.45, 2.75) is 57.4 Å². The highest BCUT2D eigenvalue weighted by molar-refractivity contribution is 5.88. The summed E-state index contributed by atoms with van der Waals surface area (Å²) >= 11 is 0. The summed E-state index contributed by atoms with van der Waals surface area (Å²) in [6, 6.07) is 9.02. The molecule has 3 heterocycles. The summed E-state index contributed by atoms with van der Waals surface area (Å²) in [7, 11) is 1.87. The van der Waals surface area contributed by atoms with Crippen LogP contribution in [0.1, 0.15) is 50.6 Å². The number of hydrogen-bond donors (Lipinski definition) is 0. The third kappa shape index (κ3) is 4.54. The number of ketones is 1. The Balaban J connectivity index is 1.24. The molecule has 0 unspecified atom stereocenters. The predicted octanol–water partition coefficient (Wildman–Crippen LogP) is 4.19. The zero-order valence-electron chi connectivity index (χ0n) is 18.3. The van der Waals surface area contributed by atoms with E-state index in [4.69, 9.17) is 0 Å². The molecular weight excluding hydrogens is 386 g/mol. The Bertz CT molecular complexity index is 1060. The van der Waals surface area contributed by atoms with Crippen molar-refractivity contribution in [3.8, 4) is 11.3 Å².